The Hall–Kier alpha value is -2.48. The summed E-state index contributed by atoms with van der Waals surface area (Å²) in [6, 6.07) is 5.24. The quantitative estimate of drug-likeness (QED) is 0.642. The van der Waals surface area contributed by atoms with Crippen molar-refractivity contribution in [2.24, 2.45) is 5.73 Å². The zero-order valence-corrected chi connectivity index (χ0v) is 12.5. The fourth-order valence-electron chi connectivity index (χ4n) is 2.71. The summed E-state index contributed by atoms with van der Waals surface area (Å²) in [6.07, 6.45) is 4.80. The van der Waals surface area contributed by atoms with Crippen LogP contribution in [0.15, 0.2) is 22.7 Å². The molecule has 8 heteroatoms. The van der Waals surface area contributed by atoms with Crippen molar-refractivity contribution in [3.8, 4) is 11.5 Å². The number of anilines is 1. The molecule has 0 aliphatic heterocycles. The van der Waals surface area contributed by atoms with Crippen molar-refractivity contribution in [2.45, 2.75) is 43.7 Å². The number of aromatic nitrogens is 2. The first-order valence-corrected chi connectivity index (χ1v) is 7.74. The highest BCUT2D eigenvalue weighted by atomic mass is 16.6. The zero-order chi connectivity index (χ0) is 16.0. The standard InChI is InChI=1S/C15H17N5O3/c16-15(6-1-7-15)14-18-13(23-19-14)9-2-5-11(17-10-3-4-10)12(8-9)20(21)22/h2,5,8,10,17H,1,3-4,6-7,16H2. The molecule has 1 heterocycles. The van der Waals surface area contributed by atoms with E-state index in [1.165, 1.54) is 6.07 Å². The Balaban J connectivity index is 1.65. The van der Waals surface area contributed by atoms with E-state index in [1.54, 1.807) is 12.1 Å². The summed E-state index contributed by atoms with van der Waals surface area (Å²) < 4.78 is 5.26. The van der Waals surface area contributed by atoms with E-state index in [4.69, 9.17) is 10.3 Å². The van der Waals surface area contributed by atoms with Gasteiger partial charge in [0.15, 0.2) is 5.82 Å². The molecule has 4 rings (SSSR count). The Morgan fingerprint density at radius 2 is 2.17 bits per heavy atom. The van der Waals surface area contributed by atoms with Gasteiger partial charge in [-0.1, -0.05) is 5.16 Å². The summed E-state index contributed by atoms with van der Waals surface area (Å²) in [5.74, 6) is 0.736. The second-order valence-corrected chi connectivity index (χ2v) is 6.34. The minimum absolute atomic E-state index is 0.0141. The van der Waals surface area contributed by atoms with Crippen LogP contribution < -0.4 is 11.1 Å². The number of nitrogens with one attached hydrogen (secondary N) is 1. The maximum absolute atomic E-state index is 11.3. The molecule has 0 bridgehead atoms. The summed E-state index contributed by atoms with van der Waals surface area (Å²) in [5, 5.41) is 18.4. The molecule has 2 aliphatic carbocycles. The molecule has 2 aromatic rings. The lowest BCUT2D eigenvalue weighted by Crippen LogP contribution is -2.44. The Bertz CT molecular complexity index is 764. The number of nitrogens with zero attached hydrogens (tertiary/aromatic N) is 3. The van der Waals surface area contributed by atoms with Gasteiger partial charge in [0, 0.05) is 17.7 Å². The van der Waals surface area contributed by atoms with Crippen molar-refractivity contribution in [1.29, 1.82) is 0 Å². The average Bonchev–Trinajstić information content (AvgIpc) is 3.17. The van der Waals surface area contributed by atoms with E-state index < -0.39 is 10.5 Å². The van der Waals surface area contributed by atoms with E-state index in [1.807, 2.05) is 0 Å². The molecule has 120 valence electrons. The minimum Gasteiger partial charge on any atom is -0.377 e. The lowest BCUT2D eigenvalue weighted by Gasteiger charge is -2.34. The summed E-state index contributed by atoms with van der Waals surface area (Å²) in [5.41, 5.74) is 6.73. The highest BCUT2D eigenvalue weighted by Gasteiger charge is 2.39. The number of benzene rings is 1. The minimum atomic E-state index is -0.513. The fraction of sp³-hybridized carbons (Fsp3) is 0.467. The van der Waals surface area contributed by atoms with Crippen LogP contribution in [0.1, 0.15) is 37.9 Å². The van der Waals surface area contributed by atoms with Gasteiger partial charge in [0.1, 0.15) is 5.69 Å². The van der Waals surface area contributed by atoms with Crippen LogP contribution in [0.3, 0.4) is 0 Å². The Labute approximate surface area is 132 Å². The van der Waals surface area contributed by atoms with Gasteiger partial charge >= 0.3 is 0 Å². The molecule has 0 atom stereocenters. The number of hydrogen-bond donors (Lipinski definition) is 2. The number of hydrogen-bond acceptors (Lipinski definition) is 7. The van der Waals surface area contributed by atoms with Crippen molar-refractivity contribution in [2.75, 3.05) is 5.32 Å². The molecule has 2 saturated carbocycles. The van der Waals surface area contributed by atoms with E-state index in [0.29, 0.717) is 23.1 Å². The molecule has 0 radical (unpaired) electrons. The maximum Gasteiger partial charge on any atom is 0.293 e. The molecule has 2 aliphatic rings. The molecule has 1 aromatic heterocycles. The SMILES string of the molecule is NC1(c2noc(-c3ccc(NC4CC4)c([N+](=O)[O-])c3)n2)CCC1. The van der Waals surface area contributed by atoms with Crippen molar-refractivity contribution in [3.63, 3.8) is 0 Å². The van der Waals surface area contributed by atoms with Crippen molar-refractivity contribution >= 4 is 11.4 Å². The predicted octanol–water partition coefficient (Wildman–Crippen LogP) is 2.56. The third-order valence-electron chi connectivity index (χ3n) is 4.50. The number of rotatable bonds is 5. The van der Waals surface area contributed by atoms with Gasteiger partial charge in [0.05, 0.1) is 10.5 Å². The van der Waals surface area contributed by atoms with Gasteiger partial charge in [-0.3, -0.25) is 10.1 Å². The van der Waals surface area contributed by atoms with E-state index in [9.17, 15) is 10.1 Å². The molecule has 0 unspecified atom stereocenters. The average molecular weight is 315 g/mol. The summed E-state index contributed by atoms with van der Waals surface area (Å²) in [7, 11) is 0. The highest BCUT2D eigenvalue weighted by Crippen LogP contribution is 2.38. The van der Waals surface area contributed by atoms with Gasteiger partial charge in [-0.25, -0.2) is 0 Å². The van der Waals surface area contributed by atoms with Crippen molar-refractivity contribution < 1.29 is 9.45 Å². The number of nitro groups is 1. The lowest BCUT2D eigenvalue weighted by atomic mass is 9.77. The van der Waals surface area contributed by atoms with Crippen LogP contribution in [0.25, 0.3) is 11.5 Å². The van der Waals surface area contributed by atoms with E-state index in [2.05, 4.69) is 15.5 Å². The van der Waals surface area contributed by atoms with Crippen molar-refractivity contribution in [1.82, 2.24) is 10.1 Å². The molecule has 23 heavy (non-hydrogen) atoms. The second-order valence-electron chi connectivity index (χ2n) is 6.34. The van der Waals surface area contributed by atoms with Crippen LogP contribution in [0.4, 0.5) is 11.4 Å². The van der Waals surface area contributed by atoms with Gasteiger partial charge in [-0.15, -0.1) is 0 Å². The first-order chi connectivity index (χ1) is 11.0. The van der Waals surface area contributed by atoms with Gasteiger partial charge < -0.3 is 15.6 Å². The van der Waals surface area contributed by atoms with Crippen LogP contribution in [-0.2, 0) is 5.54 Å². The third-order valence-corrected chi connectivity index (χ3v) is 4.50. The Morgan fingerprint density at radius 3 is 2.78 bits per heavy atom. The molecule has 2 fully saturated rings. The largest absolute Gasteiger partial charge is 0.377 e. The summed E-state index contributed by atoms with van der Waals surface area (Å²) in [6.45, 7) is 0. The molecule has 8 nitrogen and oxygen atoms in total. The van der Waals surface area contributed by atoms with E-state index >= 15 is 0 Å². The van der Waals surface area contributed by atoms with Crippen LogP contribution in [0, 0.1) is 10.1 Å². The van der Waals surface area contributed by atoms with Crippen LogP contribution in [0.2, 0.25) is 0 Å². The van der Waals surface area contributed by atoms with Crippen molar-refractivity contribution in [3.05, 3.63) is 34.1 Å². The number of nitro benzene ring substituents is 1. The smallest absolute Gasteiger partial charge is 0.293 e. The fourth-order valence-corrected chi connectivity index (χ4v) is 2.71. The molecule has 1 aromatic carbocycles. The molecule has 0 amide bonds. The number of nitrogens with two attached hydrogens (primary N) is 1. The first kappa shape index (κ1) is 14.1. The first-order valence-electron chi connectivity index (χ1n) is 7.74. The van der Waals surface area contributed by atoms with E-state index in [-0.39, 0.29) is 11.6 Å². The normalized spacial score (nSPS) is 19.2. The Kier molecular flexibility index (Phi) is 3.08. The zero-order valence-electron chi connectivity index (χ0n) is 12.5. The van der Waals surface area contributed by atoms with Gasteiger partial charge in [0.25, 0.3) is 11.6 Å². The Morgan fingerprint density at radius 1 is 1.39 bits per heavy atom. The lowest BCUT2D eigenvalue weighted by molar-refractivity contribution is -0.383. The molecular formula is C15H17N5O3. The van der Waals surface area contributed by atoms with Crippen LogP contribution in [-0.4, -0.2) is 21.1 Å². The van der Waals surface area contributed by atoms with Gasteiger partial charge in [-0.2, -0.15) is 4.98 Å². The monoisotopic (exact) mass is 315 g/mol. The van der Waals surface area contributed by atoms with Crippen LogP contribution in [0.5, 0.6) is 0 Å². The molecule has 0 saturated heterocycles. The van der Waals surface area contributed by atoms with Gasteiger partial charge in [0.2, 0.25) is 0 Å². The maximum atomic E-state index is 11.3. The molecule has 3 N–H and O–H groups in total. The van der Waals surface area contributed by atoms with Crippen LogP contribution >= 0.6 is 0 Å². The predicted molar refractivity (Wildman–Crippen MR) is 82.7 cm³/mol. The second kappa shape index (κ2) is 5.02. The highest BCUT2D eigenvalue weighted by molar-refractivity contribution is 5.70. The molecule has 0 spiro atoms. The summed E-state index contributed by atoms with van der Waals surface area (Å²) >= 11 is 0. The van der Waals surface area contributed by atoms with E-state index in [0.717, 1.165) is 32.1 Å². The third kappa shape index (κ3) is 2.55. The molecular weight excluding hydrogens is 298 g/mol. The summed E-state index contributed by atoms with van der Waals surface area (Å²) in [4.78, 5) is 15.2. The topological polar surface area (TPSA) is 120 Å². The van der Waals surface area contributed by atoms with Gasteiger partial charge in [-0.05, 0) is 44.2 Å².